The van der Waals surface area contributed by atoms with E-state index in [0.29, 0.717) is 44.4 Å². The van der Waals surface area contributed by atoms with Crippen molar-refractivity contribution in [2.75, 3.05) is 9.80 Å². The molecule has 0 saturated carbocycles. The van der Waals surface area contributed by atoms with Crippen LogP contribution >= 0.6 is 0 Å². The molecule has 6 heteroatoms. The Labute approximate surface area is 208 Å². The molecule has 4 aromatic rings. The average molecular weight is 477 g/mol. The highest BCUT2D eigenvalue weighted by atomic mass is 16.3. The molecule has 0 radical (unpaired) electrons. The molecule has 1 atom stereocenters. The smallest absolute Gasteiger partial charge is 0.266 e. The van der Waals surface area contributed by atoms with Crippen molar-refractivity contribution in [3.05, 3.63) is 105 Å². The second-order valence-corrected chi connectivity index (χ2v) is 9.59. The molecule has 0 fully saturated rings. The monoisotopic (exact) mass is 476 g/mol. The fourth-order valence-corrected chi connectivity index (χ4v) is 5.76. The van der Waals surface area contributed by atoms with Gasteiger partial charge >= 0.3 is 0 Å². The summed E-state index contributed by atoms with van der Waals surface area (Å²) < 4.78 is 0. The lowest BCUT2D eigenvalue weighted by molar-refractivity contribution is 0.0865. The van der Waals surface area contributed by atoms with Crippen LogP contribution in [0.2, 0.25) is 0 Å². The van der Waals surface area contributed by atoms with Gasteiger partial charge in [0.2, 0.25) is 0 Å². The largest absolute Gasteiger partial charge is 0.369 e. The lowest BCUT2D eigenvalue weighted by Crippen LogP contribution is -2.43. The number of amides is 3. The molecule has 2 aliphatic heterocycles. The standard InChI is InChI=1S/C30H24N2O4/c1-15-7-5-8-16(2)25(15)31-27(33)19-11-13-21-24-22(14-12-20(23(19)24)28(31)34)30(36)32(29(21)35)26-17(3)9-6-10-18(26)4/h5-14,27,33H,1-4H3. The number of aryl methyl sites for hydroxylation is 4. The molecule has 36 heavy (non-hydrogen) atoms. The third-order valence-electron chi connectivity index (χ3n) is 7.38. The summed E-state index contributed by atoms with van der Waals surface area (Å²) in [5.41, 5.74) is 6.14. The Morgan fingerprint density at radius 1 is 0.583 bits per heavy atom. The van der Waals surface area contributed by atoms with Crippen molar-refractivity contribution >= 4 is 39.9 Å². The summed E-state index contributed by atoms with van der Waals surface area (Å²) in [5, 5.41) is 12.3. The highest BCUT2D eigenvalue weighted by Crippen LogP contribution is 2.44. The number of hydrogen-bond acceptors (Lipinski definition) is 4. The van der Waals surface area contributed by atoms with Gasteiger partial charge in [0, 0.05) is 33.0 Å². The van der Waals surface area contributed by atoms with E-state index in [0.717, 1.165) is 22.3 Å². The summed E-state index contributed by atoms with van der Waals surface area (Å²) in [6.45, 7) is 7.54. The minimum absolute atomic E-state index is 0.341. The van der Waals surface area contributed by atoms with Crippen LogP contribution in [0.4, 0.5) is 11.4 Å². The van der Waals surface area contributed by atoms with Gasteiger partial charge < -0.3 is 5.11 Å². The van der Waals surface area contributed by atoms with Crippen LogP contribution in [0, 0.1) is 27.7 Å². The van der Waals surface area contributed by atoms with E-state index in [1.807, 2.05) is 64.1 Å². The van der Waals surface area contributed by atoms with Gasteiger partial charge in [-0.25, -0.2) is 4.90 Å². The summed E-state index contributed by atoms with van der Waals surface area (Å²) >= 11 is 0. The van der Waals surface area contributed by atoms with Gasteiger partial charge in [0.15, 0.2) is 6.23 Å². The SMILES string of the molecule is Cc1cccc(C)c1N1C(=O)c2ccc3c4c(ccc(c24)C1=O)C(O)N(c1c(C)cccc1C)C3=O. The van der Waals surface area contributed by atoms with E-state index in [2.05, 4.69) is 0 Å². The van der Waals surface area contributed by atoms with Crippen LogP contribution in [-0.4, -0.2) is 22.8 Å². The van der Waals surface area contributed by atoms with E-state index in [-0.39, 0.29) is 5.91 Å². The zero-order valence-electron chi connectivity index (χ0n) is 20.4. The van der Waals surface area contributed by atoms with Gasteiger partial charge in [-0.1, -0.05) is 42.5 Å². The molecule has 0 saturated heterocycles. The minimum atomic E-state index is -1.25. The first-order valence-electron chi connectivity index (χ1n) is 11.8. The summed E-state index contributed by atoms with van der Waals surface area (Å²) in [6.07, 6.45) is -1.25. The molecule has 0 aromatic heterocycles. The molecule has 6 nitrogen and oxygen atoms in total. The van der Waals surface area contributed by atoms with Crippen LogP contribution in [0.25, 0.3) is 10.8 Å². The zero-order valence-corrected chi connectivity index (χ0v) is 20.4. The molecule has 1 unspecified atom stereocenters. The van der Waals surface area contributed by atoms with Crippen molar-refractivity contribution in [1.29, 1.82) is 0 Å². The van der Waals surface area contributed by atoms with Gasteiger partial charge in [0.05, 0.1) is 11.4 Å². The Morgan fingerprint density at radius 3 is 1.56 bits per heavy atom. The fraction of sp³-hybridized carbons (Fsp3) is 0.167. The maximum absolute atomic E-state index is 13.8. The van der Waals surface area contributed by atoms with Crippen molar-refractivity contribution in [3.8, 4) is 0 Å². The van der Waals surface area contributed by atoms with E-state index >= 15 is 0 Å². The Kier molecular flexibility index (Phi) is 4.69. The number of para-hydroxylation sites is 2. The molecule has 0 aliphatic carbocycles. The molecular formula is C30H24N2O4. The van der Waals surface area contributed by atoms with Gasteiger partial charge in [-0.3, -0.25) is 19.3 Å². The second kappa shape index (κ2) is 7.60. The predicted molar refractivity (Wildman–Crippen MR) is 139 cm³/mol. The van der Waals surface area contributed by atoms with Crippen LogP contribution in [0.5, 0.6) is 0 Å². The summed E-state index contributed by atoms with van der Waals surface area (Å²) in [6, 6.07) is 17.9. The number of imide groups is 1. The van der Waals surface area contributed by atoms with Crippen LogP contribution in [0.15, 0.2) is 60.7 Å². The molecule has 6 rings (SSSR count). The van der Waals surface area contributed by atoms with Crippen molar-refractivity contribution in [3.63, 3.8) is 0 Å². The number of rotatable bonds is 2. The highest BCUT2D eigenvalue weighted by molar-refractivity contribution is 6.38. The van der Waals surface area contributed by atoms with E-state index in [4.69, 9.17) is 0 Å². The molecule has 3 amide bonds. The molecule has 178 valence electrons. The number of carbonyl (C=O) groups is 3. The number of carbonyl (C=O) groups excluding carboxylic acids is 3. The molecule has 2 heterocycles. The van der Waals surface area contributed by atoms with Gasteiger partial charge in [-0.05, 0) is 68.1 Å². The third-order valence-corrected chi connectivity index (χ3v) is 7.38. The predicted octanol–water partition coefficient (Wildman–Crippen LogP) is 5.53. The fourth-order valence-electron chi connectivity index (χ4n) is 5.76. The maximum Gasteiger partial charge on any atom is 0.266 e. The van der Waals surface area contributed by atoms with Gasteiger partial charge in [0.25, 0.3) is 17.7 Å². The number of aliphatic hydroxyl groups excluding tert-OH is 1. The molecule has 0 bridgehead atoms. The summed E-state index contributed by atoms with van der Waals surface area (Å²) in [5.74, 6) is -1.24. The van der Waals surface area contributed by atoms with E-state index in [1.165, 1.54) is 9.80 Å². The van der Waals surface area contributed by atoms with Crippen LogP contribution in [0.1, 0.15) is 65.1 Å². The number of aliphatic hydroxyl groups is 1. The molecule has 2 aliphatic rings. The zero-order chi connectivity index (χ0) is 25.5. The summed E-state index contributed by atoms with van der Waals surface area (Å²) in [7, 11) is 0. The van der Waals surface area contributed by atoms with Gasteiger partial charge in [-0.2, -0.15) is 0 Å². The number of nitrogens with zero attached hydrogens (tertiary/aromatic N) is 2. The number of hydrogen-bond donors (Lipinski definition) is 1. The van der Waals surface area contributed by atoms with E-state index < -0.39 is 18.0 Å². The van der Waals surface area contributed by atoms with Gasteiger partial charge in [-0.15, -0.1) is 0 Å². The lowest BCUT2D eigenvalue weighted by Gasteiger charge is -2.37. The van der Waals surface area contributed by atoms with E-state index in [9.17, 15) is 19.5 Å². The first-order valence-corrected chi connectivity index (χ1v) is 11.8. The minimum Gasteiger partial charge on any atom is -0.369 e. The third kappa shape index (κ3) is 2.79. The van der Waals surface area contributed by atoms with Crippen LogP contribution < -0.4 is 9.80 Å². The molecule has 1 N–H and O–H groups in total. The Hall–Kier alpha value is -4.29. The first-order chi connectivity index (χ1) is 17.2. The van der Waals surface area contributed by atoms with Crippen molar-refractivity contribution < 1.29 is 19.5 Å². The van der Waals surface area contributed by atoms with Crippen LogP contribution in [0.3, 0.4) is 0 Å². The quantitative estimate of drug-likeness (QED) is 0.386. The van der Waals surface area contributed by atoms with Crippen molar-refractivity contribution in [2.24, 2.45) is 0 Å². The van der Waals surface area contributed by atoms with E-state index in [1.54, 1.807) is 24.3 Å². The molecule has 0 spiro atoms. The number of anilines is 2. The number of benzene rings is 4. The summed E-state index contributed by atoms with van der Waals surface area (Å²) in [4.78, 5) is 43.9. The van der Waals surface area contributed by atoms with Gasteiger partial charge in [0.1, 0.15) is 0 Å². The Balaban J connectivity index is 1.59. The first kappa shape index (κ1) is 22.2. The van der Waals surface area contributed by atoms with Crippen molar-refractivity contribution in [1.82, 2.24) is 0 Å². The normalized spacial score (nSPS) is 16.8. The average Bonchev–Trinajstić information content (AvgIpc) is 2.84. The lowest BCUT2D eigenvalue weighted by atomic mass is 9.84. The maximum atomic E-state index is 13.8. The highest BCUT2D eigenvalue weighted by Gasteiger charge is 2.41. The molecular weight excluding hydrogens is 452 g/mol. The second-order valence-electron chi connectivity index (χ2n) is 9.59. The molecule has 4 aromatic carbocycles. The Bertz CT molecular complexity index is 1610. The van der Waals surface area contributed by atoms with Crippen molar-refractivity contribution in [2.45, 2.75) is 33.9 Å². The van der Waals surface area contributed by atoms with Crippen LogP contribution in [-0.2, 0) is 0 Å². The topological polar surface area (TPSA) is 77.9 Å². The Morgan fingerprint density at radius 2 is 1.03 bits per heavy atom.